The lowest BCUT2D eigenvalue weighted by atomic mass is 9.92. The summed E-state index contributed by atoms with van der Waals surface area (Å²) in [6.07, 6.45) is 8.24. The molecule has 0 radical (unpaired) electrons. The van der Waals surface area contributed by atoms with Crippen LogP contribution in [0.3, 0.4) is 0 Å². The fraction of sp³-hybridized carbons (Fsp3) is 0.429. The normalized spacial score (nSPS) is 17.2. The summed E-state index contributed by atoms with van der Waals surface area (Å²) >= 11 is 0. The summed E-state index contributed by atoms with van der Waals surface area (Å²) in [6.45, 7) is 0.501. The van der Waals surface area contributed by atoms with Crippen molar-refractivity contribution in [3.05, 3.63) is 47.1 Å². The van der Waals surface area contributed by atoms with Crippen LogP contribution in [0.25, 0.3) is 22.3 Å². The number of aromatic nitrogens is 4. The maximum absolute atomic E-state index is 13.3. The maximum atomic E-state index is 13.3. The van der Waals surface area contributed by atoms with E-state index in [0.717, 1.165) is 70.8 Å². The molecule has 0 amide bonds. The van der Waals surface area contributed by atoms with Crippen molar-refractivity contribution in [2.24, 2.45) is 0 Å². The molecule has 2 fully saturated rings. The Hall–Kier alpha value is -3.88. The number of carbonyl (C=O) groups is 1. The standard InChI is InChI=1S/C28H29N5O4/c1-35-18-9-8-16(21(12-18)36-2)13-29-27-24-22-19(33(17-4-3-5-17)28(24)31-14-30-27)10-11-20(34)23-25(22)32-37-26(23)15-6-7-15/h8-9,12,14-15,17H,3-7,10-11,13H2,1-2H3,(H,29,30,31). The van der Waals surface area contributed by atoms with Crippen LogP contribution in [-0.2, 0) is 13.0 Å². The third-order valence-electron chi connectivity index (χ3n) is 8.04. The van der Waals surface area contributed by atoms with Crippen molar-refractivity contribution in [2.45, 2.75) is 63.5 Å². The van der Waals surface area contributed by atoms with Gasteiger partial charge in [0, 0.05) is 47.8 Å². The van der Waals surface area contributed by atoms with E-state index in [1.807, 2.05) is 18.2 Å². The zero-order valence-corrected chi connectivity index (χ0v) is 21.0. The number of Topliss-reactive ketones (excluding diaryl/α,β-unsaturated/α-hetero) is 1. The SMILES string of the molecule is COc1ccc(CNc2ncnc3c2c2c(n3C3CCC3)CCC(=O)c3c-2noc3C2CC2)c(OC)c1. The molecule has 1 N–H and O–H groups in total. The molecule has 3 aliphatic rings. The molecule has 9 heteroatoms. The van der Waals surface area contributed by atoms with Crippen LogP contribution in [0.15, 0.2) is 29.0 Å². The predicted molar refractivity (Wildman–Crippen MR) is 137 cm³/mol. The Morgan fingerprint density at radius 2 is 1.95 bits per heavy atom. The number of carbonyl (C=O) groups excluding carboxylic acids is 1. The van der Waals surface area contributed by atoms with E-state index in [0.29, 0.717) is 48.4 Å². The van der Waals surface area contributed by atoms with E-state index in [1.165, 1.54) is 6.42 Å². The Bertz CT molecular complexity index is 1530. The average Bonchev–Trinajstić information content (AvgIpc) is 3.60. The first kappa shape index (κ1) is 22.3. The number of anilines is 1. The Balaban J connectivity index is 1.39. The summed E-state index contributed by atoms with van der Waals surface area (Å²) in [5.41, 5.74) is 5.26. The summed E-state index contributed by atoms with van der Waals surface area (Å²) in [5, 5.41) is 8.95. The number of hydrogen-bond donors (Lipinski definition) is 1. The average molecular weight is 500 g/mol. The fourth-order valence-electron chi connectivity index (χ4n) is 5.76. The van der Waals surface area contributed by atoms with Crippen molar-refractivity contribution in [3.8, 4) is 22.8 Å². The Morgan fingerprint density at radius 1 is 1.08 bits per heavy atom. The van der Waals surface area contributed by atoms with Crippen LogP contribution in [-0.4, -0.2) is 39.7 Å². The molecule has 0 saturated heterocycles. The number of methoxy groups -OCH3 is 2. The molecule has 3 heterocycles. The number of ketones is 1. The van der Waals surface area contributed by atoms with Gasteiger partial charge in [-0.1, -0.05) is 5.16 Å². The lowest BCUT2D eigenvalue weighted by Gasteiger charge is -2.29. The number of hydrogen-bond acceptors (Lipinski definition) is 8. The van der Waals surface area contributed by atoms with Crippen molar-refractivity contribution in [1.82, 2.24) is 19.7 Å². The van der Waals surface area contributed by atoms with E-state index < -0.39 is 0 Å². The highest BCUT2D eigenvalue weighted by Crippen LogP contribution is 2.49. The fourth-order valence-corrected chi connectivity index (χ4v) is 5.76. The first-order valence-corrected chi connectivity index (χ1v) is 13.0. The molecule has 9 nitrogen and oxygen atoms in total. The summed E-state index contributed by atoms with van der Waals surface area (Å²) in [5.74, 6) is 3.37. The van der Waals surface area contributed by atoms with Crippen LogP contribution < -0.4 is 14.8 Å². The maximum Gasteiger partial charge on any atom is 0.169 e. The molecule has 0 unspecified atom stereocenters. The summed E-state index contributed by atoms with van der Waals surface area (Å²) < 4.78 is 19.1. The summed E-state index contributed by atoms with van der Waals surface area (Å²) in [4.78, 5) is 22.8. The van der Waals surface area contributed by atoms with E-state index in [1.54, 1.807) is 20.5 Å². The number of rotatable bonds is 7. The van der Waals surface area contributed by atoms with E-state index in [2.05, 4.69) is 20.0 Å². The van der Waals surface area contributed by atoms with Gasteiger partial charge in [0.15, 0.2) is 11.5 Å². The van der Waals surface area contributed by atoms with Crippen molar-refractivity contribution >= 4 is 22.6 Å². The highest BCUT2D eigenvalue weighted by Gasteiger charge is 2.40. The van der Waals surface area contributed by atoms with E-state index in [-0.39, 0.29) is 5.78 Å². The minimum absolute atomic E-state index is 0.122. The second kappa shape index (κ2) is 8.61. The molecule has 3 aromatic heterocycles. The van der Waals surface area contributed by atoms with Gasteiger partial charge in [-0.05, 0) is 50.7 Å². The topological polar surface area (TPSA) is 104 Å². The van der Waals surface area contributed by atoms with Crippen molar-refractivity contribution in [1.29, 1.82) is 0 Å². The van der Waals surface area contributed by atoms with Crippen molar-refractivity contribution in [3.63, 3.8) is 0 Å². The van der Waals surface area contributed by atoms with Gasteiger partial charge in [-0.25, -0.2) is 9.97 Å². The molecular weight excluding hydrogens is 470 g/mol. The summed E-state index contributed by atoms with van der Waals surface area (Å²) in [7, 11) is 3.29. The Kier molecular flexibility index (Phi) is 5.19. The highest BCUT2D eigenvalue weighted by atomic mass is 16.5. The Labute approximate surface area is 214 Å². The van der Waals surface area contributed by atoms with Crippen LogP contribution in [0.4, 0.5) is 5.82 Å². The second-order valence-electron chi connectivity index (χ2n) is 10.2. The number of nitrogens with zero attached hydrogens (tertiary/aromatic N) is 4. The monoisotopic (exact) mass is 499 g/mol. The zero-order chi connectivity index (χ0) is 25.1. The molecule has 0 spiro atoms. The van der Waals surface area contributed by atoms with Gasteiger partial charge < -0.3 is 23.9 Å². The molecule has 7 rings (SSSR count). The van der Waals surface area contributed by atoms with Crippen molar-refractivity contribution in [2.75, 3.05) is 19.5 Å². The zero-order valence-electron chi connectivity index (χ0n) is 21.0. The molecule has 4 aromatic rings. The van der Waals surface area contributed by atoms with Crippen LogP contribution in [0.1, 0.15) is 77.9 Å². The number of benzene rings is 1. The van der Waals surface area contributed by atoms with Gasteiger partial charge in [-0.3, -0.25) is 4.79 Å². The molecule has 190 valence electrons. The number of nitrogens with one attached hydrogen (secondary N) is 1. The van der Waals surface area contributed by atoms with E-state index >= 15 is 0 Å². The van der Waals surface area contributed by atoms with Gasteiger partial charge in [0.2, 0.25) is 0 Å². The van der Waals surface area contributed by atoms with E-state index in [4.69, 9.17) is 19.0 Å². The number of ether oxygens (including phenoxy) is 2. The second-order valence-corrected chi connectivity index (χ2v) is 10.2. The molecule has 0 bridgehead atoms. The van der Waals surface area contributed by atoms with E-state index in [9.17, 15) is 4.79 Å². The highest BCUT2D eigenvalue weighted by molar-refractivity contribution is 6.10. The molecule has 3 aliphatic carbocycles. The molecule has 0 aliphatic heterocycles. The lowest BCUT2D eigenvalue weighted by molar-refractivity contribution is 0.0981. The van der Waals surface area contributed by atoms with Gasteiger partial charge in [-0.2, -0.15) is 0 Å². The summed E-state index contributed by atoms with van der Waals surface area (Å²) in [6, 6.07) is 6.15. The first-order valence-electron chi connectivity index (χ1n) is 13.0. The minimum atomic E-state index is 0.122. The van der Waals surface area contributed by atoms with Crippen molar-refractivity contribution < 1.29 is 18.8 Å². The van der Waals surface area contributed by atoms with Crippen LogP contribution in [0, 0.1) is 0 Å². The van der Waals surface area contributed by atoms with Gasteiger partial charge in [0.05, 0.1) is 25.2 Å². The molecule has 2 saturated carbocycles. The van der Waals surface area contributed by atoms with Crippen LogP contribution in [0.2, 0.25) is 0 Å². The van der Waals surface area contributed by atoms with Gasteiger partial charge in [0.25, 0.3) is 0 Å². The van der Waals surface area contributed by atoms with Crippen LogP contribution in [0.5, 0.6) is 11.5 Å². The minimum Gasteiger partial charge on any atom is -0.497 e. The lowest BCUT2D eigenvalue weighted by Crippen LogP contribution is -2.19. The Morgan fingerprint density at radius 3 is 2.68 bits per heavy atom. The first-order chi connectivity index (χ1) is 18.2. The smallest absolute Gasteiger partial charge is 0.169 e. The van der Waals surface area contributed by atoms with Gasteiger partial charge in [0.1, 0.15) is 35.0 Å². The quantitative estimate of drug-likeness (QED) is 0.358. The van der Waals surface area contributed by atoms with Crippen LogP contribution >= 0.6 is 0 Å². The number of fused-ring (bicyclic) bond motifs is 5. The molecule has 0 atom stereocenters. The van der Waals surface area contributed by atoms with Gasteiger partial charge >= 0.3 is 0 Å². The third-order valence-corrected chi connectivity index (χ3v) is 8.04. The molecule has 1 aromatic carbocycles. The largest absolute Gasteiger partial charge is 0.497 e. The van der Waals surface area contributed by atoms with Gasteiger partial charge in [-0.15, -0.1) is 0 Å². The molecule has 37 heavy (non-hydrogen) atoms. The third kappa shape index (κ3) is 3.51. The molecular formula is C28H29N5O4. The predicted octanol–water partition coefficient (Wildman–Crippen LogP) is 5.45.